The fourth-order valence-electron chi connectivity index (χ4n) is 1.49. The van der Waals surface area contributed by atoms with Crippen LogP contribution in [-0.2, 0) is 0 Å². The summed E-state index contributed by atoms with van der Waals surface area (Å²) in [4.78, 5) is 3.95. The molecule has 0 aliphatic carbocycles. The monoisotopic (exact) mass is 239 g/mol. The van der Waals surface area contributed by atoms with Crippen LogP contribution in [0.1, 0.15) is 11.1 Å². The second-order valence-electron chi connectivity index (χ2n) is 3.56. The molecule has 3 nitrogen and oxygen atoms in total. The molecule has 0 saturated carbocycles. The third kappa shape index (κ3) is 2.80. The van der Waals surface area contributed by atoms with Gasteiger partial charge >= 0.3 is 0 Å². The Morgan fingerprint density at radius 2 is 1.50 bits per heavy atom. The Hall–Kier alpha value is -2.47. The Kier molecular flexibility index (Phi) is 3.83. The number of nitrogens with zero attached hydrogens (tertiary/aromatic N) is 1. The lowest BCUT2D eigenvalue weighted by Crippen LogP contribution is -1.90. The van der Waals surface area contributed by atoms with Crippen LogP contribution in [0.4, 0.5) is 0 Å². The molecule has 0 spiro atoms. The molecule has 0 N–H and O–H groups in total. The number of methoxy groups -OCH3 is 2. The molecule has 0 fully saturated rings. The van der Waals surface area contributed by atoms with E-state index in [2.05, 4.69) is 16.8 Å². The second-order valence-corrected chi connectivity index (χ2v) is 3.56. The van der Waals surface area contributed by atoms with Crippen LogP contribution in [0, 0.1) is 11.8 Å². The first-order valence-corrected chi connectivity index (χ1v) is 5.47. The SMILES string of the molecule is COc1ccc(C#Cc2ccncc2)cc1OC. The first kappa shape index (κ1) is 12.0. The van der Waals surface area contributed by atoms with Crippen LogP contribution in [0.3, 0.4) is 0 Å². The lowest BCUT2D eigenvalue weighted by atomic mass is 10.2. The molecular formula is C15H13NO2. The van der Waals surface area contributed by atoms with Crippen LogP contribution < -0.4 is 9.47 Å². The molecule has 0 radical (unpaired) electrons. The predicted octanol–water partition coefficient (Wildman–Crippen LogP) is 2.50. The van der Waals surface area contributed by atoms with Crippen molar-refractivity contribution in [1.82, 2.24) is 4.98 Å². The Balaban J connectivity index is 2.28. The highest BCUT2D eigenvalue weighted by Gasteiger charge is 2.02. The van der Waals surface area contributed by atoms with Crippen molar-refractivity contribution >= 4 is 0 Å². The summed E-state index contributed by atoms with van der Waals surface area (Å²) < 4.78 is 10.4. The van der Waals surface area contributed by atoms with Crippen molar-refractivity contribution in [2.24, 2.45) is 0 Å². The Bertz CT molecular complexity index is 582. The molecule has 90 valence electrons. The van der Waals surface area contributed by atoms with Crippen LogP contribution in [0.25, 0.3) is 0 Å². The number of hydrogen-bond acceptors (Lipinski definition) is 3. The molecule has 2 aromatic rings. The predicted molar refractivity (Wildman–Crippen MR) is 69.8 cm³/mol. The van der Waals surface area contributed by atoms with Gasteiger partial charge in [-0.2, -0.15) is 0 Å². The van der Waals surface area contributed by atoms with Crippen molar-refractivity contribution in [3.8, 4) is 23.3 Å². The van der Waals surface area contributed by atoms with E-state index in [-0.39, 0.29) is 0 Å². The van der Waals surface area contributed by atoms with Gasteiger partial charge in [0.05, 0.1) is 14.2 Å². The first-order chi connectivity index (χ1) is 8.83. The maximum Gasteiger partial charge on any atom is 0.161 e. The smallest absolute Gasteiger partial charge is 0.161 e. The minimum atomic E-state index is 0.680. The van der Waals surface area contributed by atoms with Crippen molar-refractivity contribution < 1.29 is 9.47 Å². The molecule has 1 aromatic carbocycles. The standard InChI is InChI=1S/C15H13NO2/c1-17-14-6-5-13(11-15(14)18-2)4-3-12-7-9-16-10-8-12/h5-11H,1-2H3. The minimum Gasteiger partial charge on any atom is -0.493 e. The first-order valence-electron chi connectivity index (χ1n) is 5.47. The van der Waals surface area contributed by atoms with Gasteiger partial charge in [-0.1, -0.05) is 11.8 Å². The van der Waals surface area contributed by atoms with Crippen molar-refractivity contribution in [2.75, 3.05) is 14.2 Å². The Labute approximate surface area is 106 Å². The molecule has 0 atom stereocenters. The van der Waals surface area contributed by atoms with Gasteiger partial charge in [0.2, 0.25) is 0 Å². The zero-order valence-electron chi connectivity index (χ0n) is 10.3. The summed E-state index contributed by atoms with van der Waals surface area (Å²) in [6, 6.07) is 9.33. The van der Waals surface area contributed by atoms with Crippen molar-refractivity contribution in [3.05, 3.63) is 53.9 Å². The van der Waals surface area contributed by atoms with Crippen LogP contribution in [0.15, 0.2) is 42.7 Å². The van der Waals surface area contributed by atoms with E-state index >= 15 is 0 Å². The Morgan fingerprint density at radius 3 is 2.17 bits per heavy atom. The molecular weight excluding hydrogens is 226 g/mol. The van der Waals surface area contributed by atoms with E-state index in [1.165, 1.54) is 0 Å². The lowest BCUT2D eigenvalue weighted by Gasteiger charge is -2.06. The average molecular weight is 239 g/mol. The van der Waals surface area contributed by atoms with Gasteiger partial charge in [0.1, 0.15) is 0 Å². The molecule has 0 aliphatic rings. The highest BCUT2D eigenvalue weighted by atomic mass is 16.5. The molecule has 0 saturated heterocycles. The lowest BCUT2D eigenvalue weighted by molar-refractivity contribution is 0.355. The third-order valence-corrected chi connectivity index (χ3v) is 2.42. The molecule has 18 heavy (non-hydrogen) atoms. The molecule has 2 rings (SSSR count). The summed E-state index contributed by atoms with van der Waals surface area (Å²) >= 11 is 0. The van der Waals surface area contributed by atoms with Gasteiger partial charge in [0, 0.05) is 23.5 Å². The fraction of sp³-hybridized carbons (Fsp3) is 0.133. The summed E-state index contributed by atoms with van der Waals surface area (Å²) in [6.45, 7) is 0. The molecule has 0 amide bonds. The van der Waals surface area contributed by atoms with Gasteiger partial charge in [-0.25, -0.2) is 0 Å². The molecule has 0 aliphatic heterocycles. The number of ether oxygens (including phenoxy) is 2. The van der Waals surface area contributed by atoms with Crippen molar-refractivity contribution in [1.29, 1.82) is 0 Å². The van der Waals surface area contributed by atoms with E-state index in [1.54, 1.807) is 26.6 Å². The molecule has 0 unspecified atom stereocenters. The summed E-state index contributed by atoms with van der Waals surface area (Å²) in [6.07, 6.45) is 3.44. The summed E-state index contributed by atoms with van der Waals surface area (Å²) in [7, 11) is 3.22. The average Bonchev–Trinajstić information content (AvgIpc) is 2.45. The van der Waals surface area contributed by atoms with Crippen LogP contribution in [-0.4, -0.2) is 19.2 Å². The number of rotatable bonds is 2. The number of aromatic nitrogens is 1. The van der Waals surface area contributed by atoms with E-state index in [0.29, 0.717) is 11.5 Å². The normalized spacial score (nSPS) is 9.22. The summed E-state index contributed by atoms with van der Waals surface area (Å²) in [5.41, 5.74) is 1.81. The largest absolute Gasteiger partial charge is 0.493 e. The molecule has 0 bridgehead atoms. The molecule has 3 heteroatoms. The van der Waals surface area contributed by atoms with E-state index < -0.39 is 0 Å². The zero-order chi connectivity index (χ0) is 12.8. The quantitative estimate of drug-likeness (QED) is 0.754. The fourth-order valence-corrected chi connectivity index (χ4v) is 1.49. The van der Waals surface area contributed by atoms with Crippen molar-refractivity contribution in [3.63, 3.8) is 0 Å². The van der Waals surface area contributed by atoms with Crippen LogP contribution >= 0.6 is 0 Å². The molecule has 1 heterocycles. The number of pyridine rings is 1. The highest BCUT2D eigenvalue weighted by Crippen LogP contribution is 2.27. The van der Waals surface area contributed by atoms with E-state index in [1.807, 2.05) is 30.3 Å². The summed E-state index contributed by atoms with van der Waals surface area (Å²) in [5, 5.41) is 0. The van der Waals surface area contributed by atoms with Gasteiger partial charge in [-0.3, -0.25) is 4.98 Å². The maximum absolute atomic E-state index is 5.23. The van der Waals surface area contributed by atoms with Gasteiger partial charge in [-0.05, 0) is 30.3 Å². The van der Waals surface area contributed by atoms with E-state index in [9.17, 15) is 0 Å². The minimum absolute atomic E-state index is 0.680. The van der Waals surface area contributed by atoms with E-state index in [4.69, 9.17) is 9.47 Å². The number of hydrogen-bond donors (Lipinski definition) is 0. The third-order valence-electron chi connectivity index (χ3n) is 2.42. The van der Waals surface area contributed by atoms with Gasteiger partial charge < -0.3 is 9.47 Å². The van der Waals surface area contributed by atoms with E-state index in [0.717, 1.165) is 11.1 Å². The Morgan fingerprint density at radius 1 is 0.833 bits per heavy atom. The topological polar surface area (TPSA) is 31.4 Å². The van der Waals surface area contributed by atoms with Crippen molar-refractivity contribution in [2.45, 2.75) is 0 Å². The maximum atomic E-state index is 5.23. The molecule has 1 aromatic heterocycles. The zero-order valence-corrected chi connectivity index (χ0v) is 10.3. The second kappa shape index (κ2) is 5.74. The van der Waals surface area contributed by atoms with Gasteiger partial charge in [-0.15, -0.1) is 0 Å². The van der Waals surface area contributed by atoms with Gasteiger partial charge in [0.15, 0.2) is 11.5 Å². The number of benzene rings is 1. The highest BCUT2D eigenvalue weighted by molar-refractivity contribution is 5.50. The van der Waals surface area contributed by atoms with Crippen LogP contribution in [0.5, 0.6) is 11.5 Å². The summed E-state index contributed by atoms with van der Waals surface area (Å²) in [5.74, 6) is 7.52. The van der Waals surface area contributed by atoms with Gasteiger partial charge in [0.25, 0.3) is 0 Å². The van der Waals surface area contributed by atoms with Crippen LogP contribution in [0.2, 0.25) is 0 Å².